The van der Waals surface area contributed by atoms with Crippen LogP contribution in [0.5, 0.6) is 0 Å². The average molecular weight is 238 g/mol. The molecular formula is C15H26O2. The number of epoxide rings is 1. The van der Waals surface area contributed by atoms with Crippen molar-refractivity contribution in [3.63, 3.8) is 0 Å². The van der Waals surface area contributed by atoms with Crippen molar-refractivity contribution in [1.29, 1.82) is 0 Å². The van der Waals surface area contributed by atoms with Gasteiger partial charge in [0.1, 0.15) is 5.78 Å². The van der Waals surface area contributed by atoms with Crippen LogP contribution in [0, 0.1) is 17.8 Å². The van der Waals surface area contributed by atoms with Crippen molar-refractivity contribution in [3.8, 4) is 0 Å². The Morgan fingerprint density at radius 3 is 2.71 bits per heavy atom. The number of carbonyl (C=O) groups excluding carboxylic acids is 1. The molecule has 0 bridgehead atoms. The van der Waals surface area contributed by atoms with Gasteiger partial charge in [-0.1, -0.05) is 20.8 Å². The Hall–Kier alpha value is -0.370. The number of ketones is 1. The van der Waals surface area contributed by atoms with Crippen molar-refractivity contribution >= 4 is 5.78 Å². The summed E-state index contributed by atoms with van der Waals surface area (Å²) in [6.45, 7) is 8.86. The van der Waals surface area contributed by atoms with Crippen molar-refractivity contribution in [2.75, 3.05) is 0 Å². The summed E-state index contributed by atoms with van der Waals surface area (Å²) in [4.78, 5) is 12.0. The van der Waals surface area contributed by atoms with E-state index in [0.717, 1.165) is 18.8 Å². The zero-order chi connectivity index (χ0) is 12.6. The predicted octanol–water partition coefficient (Wildman–Crippen LogP) is 3.59. The molecule has 1 saturated heterocycles. The van der Waals surface area contributed by atoms with Gasteiger partial charge in [-0.05, 0) is 44.4 Å². The van der Waals surface area contributed by atoms with Gasteiger partial charge in [-0.2, -0.15) is 0 Å². The first-order valence-electron chi connectivity index (χ1n) is 7.13. The van der Waals surface area contributed by atoms with Gasteiger partial charge in [-0.15, -0.1) is 0 Å². The Bertz CT molecular complexity index is 297. The van der Waals surface area contributed by atoms with E-state index >= 15 is 0 Å². The highest BCUT2D eigenvalue weighted by molar-refractivity contribution is 5.80. The summed E-state index contributed by atoms with van der Waals surface area (Å²) in [6, 6.07) is 0. The van der Waals surface area contributed by atoms with Crippen LogP contribution in [0.25, 0.3) is 0 Å². The van der Waals surface area contributed by atoms with E-state index in [2.05, 4.69) is 27.7 Å². The minimum absolute atomic E-state index is 0.0138. The molecule has 1 saturated carbocycles. The number of hydrogen-bond acceptors (Lipinski definition) is 2. The first kappa shape index (κ1) is 13.1. The number of hydrogen-bond donors (Lipinski definition) is 0. The maximum atomic E-state index is 12.0. The van der Waals surface area contributed by atoms with Crippen molar-refractivity contribution < 1.29 is 9.53 Å². The summed E-state index contributed by atoms with van der Waals surface area (Å²) >= 11 is 0. The topological polar surface area (TPSA) is 29.6 Å². The van der Waals surface area contributed by atoms with E-state index in [-0.39, 0.29) is 11.5 Å². The van der Waals surface area contributed by atoms with Gasteiger partial charge in [0.05, 0.1) is 11.7 Å². The molecule has 17 heavy (non-hydrogen) atoms. The van der Waals surface area contributed by atoms with Crippen molar-refractivity contribution in [3.05, 3.63) is 0 Å². The molecule has 0 aromatic carbocycles. The van der Waals surface area contributed by atoms with Crippen molar-refractivity contribution in [2.24, 2.45) is 17.8 Å². The number of fused-ring (bicyclic) bond motifs is 1. The SMILES string of the molecule is CC(C)[C@@H]1CC[C@@H](C)C(=O)CC[C@@]2(C)OC2C1. The summed E-state index contributed by atoms with van der Waals surface area (Å²) in [6.07, 6.45) is 5.48. The fourth-order valence-electron chi connectivity index (χ4n) is 3.05. The average Bonchev–Trinajstić information content (AvgIpc) is 2.91. The highest BCUT2D eigenvalue weighted by atomic mass is 16.6. The molecule has 1 heterocycles. The fourth-order valence-corrected chi connectivity index (χ4v) is 3.05. The number of ether oxygens (including phenoxy) is 1. The molecule has 1 unspecified atom stereocenters. The predicted molar refractivity (Wildman–Crippen MR) is 68.9 cm³/mol. The largest absolute Gasteiger partial charge is 0.366 e. The van der Waals surface area contributed by atoms with Crippen molar-refractivity contribution in [2.45, 2.75) is 71.5 Å². The Kier molecular flexibility index (Phi) is 3.63. The lowest BCUT2D eigenvalue weighted by Gasteiger charge is -2.23. The van der Waals surface area contributed by atoms with Gasteiger partial charge < -0.3 is 4.74 Å². The first-order valence-corrected chi connectivity index (χ1v) is 7.13. The maximum Gasteiger partial charge on any atom is 0.135 e. The van der Waals surface area contributed by atoms with E-state index in [4.69, 9.17) is 4.74 Å². The van der Waals surface area contributed by atoms with E-state index in [1.54, 1.807) is 0 Å². The van der Waals surface area contributed by atoms with Crippen LogP contribution in [-0.4, -0.2) is 17.5 Å². The Morgan fingerprint density at radius 1 is 1.35 bits per heavy atom. The van der Waals surface area contributed by atoms with Gasteiger partial charge in [0.25, 0.3) is 0 Å². The Morgan fingerprint density at radius 2 is 2.06 bits per heavy atom. The molecule has 0 N–H and O–H groups in total. The van der Waals surface area contributed by atoms with E-state index in [1.807, 2.05) is 0 Å². The van der Waals surface area contributed by atoms with Crippen LogP contribution in [0.2, 0.25) is 0 Å². The molecule has 2 heteroatoms. The molecule has 1 aliphatic heterocycles. The van der Waals surface area contributed by atoms with Gasteiger partial charge in [-0.25, -0.2) is 0 Å². The Balaban J connectivity index is 2.04. The molecular weight excluding hydrogens is 212 g/mol. The molecule has 1 aliphatic carbocycles. The summed E-state index contributed by atoms with van der Waals surface area (Å²) < 4.78 is 5.85. The van der Waals surface area contributed by atoms with Crippen LogP contribution < -0.4 is 0 Å². The van der Waals surface area contributed by atoms with E-state index < -0.39 is 0 Å². The van der Waals surface area contributed by atoms with Gasteiger partial charge >= 0.3 is 0 Å². The lowest BCUT2D eigenvalue weighted by molar-refractivity contribution is -0.123. The molecule has 0 aromatic rings. The van der Waals surface area contributed by atoms with E-state index in [9.17, 15) is 4.79 Å². The lowest BCUT2D eigenvalue weighted by atomic mass is 9.80. The molecule has 0 aromatic heterocycles. The minimum atomic E-state index is 0.0138. The van der Waals surface area contributed by atoms with Crippen LogP contribution in [0.1, 0.15) is 59.8 Å². The third kappa shape index (κ3) is 2.90. The van der Waals surface area contributed by atoms with E-state index in [1.165, 1.54) is 12.8 Å². The first-order chi connectivity index (χ1) is 7.92. The number of carbonyl (C=O) groups is 1. The molecule has 98 valence electrons. The van der Waals surface area contributed by atoms with E-state index in [0.29, 0.717) is 24.2 Å². The molecule has 2 aliphatic rings. The quantitative estimate of drug-likeness (QED) is 0.653. The lowest BCUT2D eigenvalue weighted by Crippen LogP contribution is -2.23. The second-order valence-corrected chi connectivity index (χ2v) is 6.60. The molecule has 4 atom stereocenters. The Labute approximate surface area is 105 Å². The summed E-state index contributed by atoms with van der Waals surface area (Å²) in [5, 5.41) is 0. The summed E-state index contributed by atoms with van der Waals surface area (Å²) in [7, 11) is 0. The molecule has 2 fully saturated rings. The second kappa shape index (κ2) is 4.72. The molecule has 0 spiro atoms. The third-order valence-corrected chi connectivity index (χ3v) is 4.88. The van der Waals surface area contributed by atoms with Crippen LogP contribution in [0.15, 0.2) is 0 Å². The molecule has 0 radical (unpaired) electrons. The summed E-state index contributed by atoms with van der Waals surface area (Å²) in [5.74, 6) is 2.10. The van der Waals surface area contributed by atoms with Gasteiger partial charge in [0.2, 0.25) is 0 Å². The number of Topliss-reactive ketones (excluding diaryl/α,β-unsaturated/α-hetero) is 1. The molecule has 0 amide bonds. The second-order valence-electron chi connectivity index (χ2n) is 6.60. The smallest absolute Gasteiger partial charge is 0.135 e. The van der Waals surface area contributed by atoms with Crippen LogP contribution in [-0.2, 0) is 9.53 Å². The molecule has 2 rings (SSSR count). The zero-order valence-electron chi connectivity index (χ0n) is 11.7. The standard InChI is InChI=1S/C15H26O2/c1-10(2)12-6-5-11(3)13(16)7-8-15(4)14(9-12)17-15/h10-12,14H,5-9H2,1-4H3/t11-,12-,14?,15-/m1/s1. The zero-order valence-corrected chi connectivity index (χ0v) is 11.7. The van der Waals surface area contributed by atoms with Gasteiger partial charge in [-0.3, -0.25) is 4.79 Å². The fraction of sp³-hybridized carbons (Fsp3) is 0.933. The van der Waals surface area contributed by atoms with Crippen molar-refractivity contribution in [1.82, 2.24) is 0 Å². The highest BCUT2D eigenvalue weighted by Crippen LogP contribution is 2.46. The van der Waals surface area contributed by atoms with Gasteiger partial charge in [0.15, 0.2) is 0 Å². The normalized spacial score (nSPS) is 43.4. The maximum absolute atomic E-state index is 12.0. The minimum Gasteiger partial charge on any atom is -0.366 e. The number of rotatable bonds is 1. The highest BCUT2D eigenvalue weighted by Gasteiger charge is 2.52. The monoisotopic (exact) mass is 238 g/mol. The van der Waals surface area contributed by atoms with Gasteiger partial charge in [0, 0.05) is 12.3 Å². The third-order valence-electron chi connectivity index (χ3n) is 4.88. The van der Waals surface area contributed by atoms with Crippen LogP contribution in [0.3, 0.4) is 0 Å². The van der Waals surface area contributed by atoms with Crippen LogP contribution in [0.4, 0.5) is 0 Å². The van der Waals surface area contributed by atoms with Crippen LogP contribution >= 0.6 is 0 Å². The molecule has 2 nitrogen and oxygen atoms in total. The summed E-state index contributed by atoms with van der Waals surface area (Å²) in [5.41, 5.74) is 0.0138.